The van der Waals surface area contributed by atoms with Gasteiger partial charge in [0.1, 0.15) is 23.9 Å². The van der Waals surface area contributed by atoms with Crippen LogP contribution in [0.1, 0.15) is 25.3 Å². The molecule has 0 aliphatic heterocycles. The first-order chi connectivity index (χ1) is 19.7. The van der Waals surface area contributed by atoms with Gasteiger partial charge in [-0.3, -0.25) is 10.6 Å². The zero-order chi connectivity index (χ0) is 29.6. The van der Waals surface area contributed by atoms with Gasteiger partial charge in [0.15, 0.2) is 5.82 Å². The van der Waals surface area contributed by atoms with Crippen LogP contribution in [0.5, 0.6) is 11.5 Å². The fraction of sp³-hybridized carbons (Fsp3) is 0.367. The summed E-state index contributed by atoms with van der Waals surface area (Å²) >= 11 is 0. The van der Waals surface area contributed by atoms with E-state index in [1.54, 1.807) is 24.1 Å². The molecule has 0 saturated heterocycles. The Morgan fingerprint density at radius 1 is 0.976 bits per heavy atom. The molecule has 1 unspecified atom stereocenters. The second-order valence-corrected chi connectivity index (χ2v) is 9.75. The zero-order valence-corrected chi connectivity index (χ0v) is 24.0. The third kappa shape index (κ3) is 10.7. The van der Waals surface area contributed by atoms with Crippen LogP contribution >= 0.6 is 0 Å². The lowest BCUT2D eigenvalue weighted by atomic mass is 10.1. The van der Waals surface area contributed by atoms with E-state index in [9.17, 15) is 14.0 Å². The number of nitrogens with one attached hydrogen (secondary N) is 3. The molecule has 3 amide bonds. The third-order valence-corrected chi connectivity index (χ3v) is 6.32. The molecule has 0 bridgehead atoms. The van der Waals surface area contributed by atoms with Gasteiger partial charge in [-0.15, -0.1) is 0 Å². The number of benzene rings is 2. The molecule has 3 aromatic rings. The number of carbonyl (C=O) groups is 2. The van der Waals surface area contributed by atoms with Crippen LogP contribution in [0.15, 0.2) is 66.9 Å². The van der Waals surface area contributed by atoms with Crippen LogP contribution < -0.4 is 20.7 Å². The number of pyridine rings is 1. The van der Waals surface area contributed by atoms with Crippen LogP contribution in [0.25, 0.3) is 0 Å². The molecular weight excluding hydrogens is 527 g/mol. The zero-order valence-electron chi connectivity index (χ0n) is 24.0. The topological polar surface area (TPSA) is 108 Å². The highest BCUT2D eigenvalue weighted by Gasteiger charge is 2.19. The smallest absolute Gasteiger partial charge is 0.412 e. The average Bonchev–Trinajstić information content (AvgIpc) is 2.95. The number of anilines is 2. The Labute approximate surface area is 240 Å². The largest absolute Gasteiger partial charge is 0.457 e. The molecule has 0 spiro atoms. The van der Waals surface area contributed by atoms with E-state index in [0.29, 0.717) is 11.6 Å². The predicted octanol–water partition coefficient (Wildman–Crippen LogP) is 5.55. The number of hydrogen-bond donors (Lipinski definition) is 3. The normalized spacial score (nSPS) is 11.6. The molecule has 220 valence electrons. The van der Waals surface area contributed by atoms with Crippen molar-refractivity contribution in [3.05, 3.63) is 78.2 Å². The van der Waals surface area contributed by atoms with Crippen molar-refractivity contribution in [2.75, 3.05) is 51.4 Å². The lowest BCUT2D eigenvalue weighted by molar-refractivity contribution is 0.155. The standard InChI is InChI=1S/C30H39FN6O4/c1-5-23(13-15-32-17-18-36(2)3)37(4)29(38)35-28-20-25(14-16-33-28)41-24-11-12-27(26(31)19-24)34-30(39)40-21-22-9-7-6-8-10-22/h6-12,14,16,19-20,23,32H,5,13,15,17-18,21H2,1-4H3,(H,34,39)(H,33,35,38). The third-order valence-electron chi connectivity index (χ3n) is 6.32. The van der Waals surface area contributed by atoms with Gasteiger partial charge in [-0.25, -0.2) is 19.0 Å². The van der Waals surface area contributed by atoms with Gasteiger partial charge < -0.3 is 24.6 Å². The summed E-state index contributed by atoms with van der Waals surface area (Å²) in [7, 11) is 5.83. The molecular formula is C30H39FN6O4. The Bertz CT molecular complexity index is 1260. The molecule has 0 aliphatic rings. The molecule has 0 fully saturated rings. The summed E-state index contributed by atoms with van der Waals surface area (Å²) in [6.45, 7) is 4.77. The van der Waals surface area contributed by atoms with Crippen LogP contribution in [0.4, 0.5) is 25.5 Å². The second kappa shape index (κ2) is 16.1. The minimum absolute atomic E-state index is 0.0421. The molecule has 11 heteroatoms. The van der Waals surface area contributed by atoms with Gasteiger partial charge in [0.2, 0.25) is 0 Å². The van der Waals surface area contributed by atoms with Crippen LogP contribution in [-0.4, -0.2) is 73.7 Å². The average molecular weight is 567 g/mol. The summed E-state index contributed by atoms with van der Waals surface area (Å²) in [5, 5.41) is 8.59. The first-order valence-corrected chi connectivity index (χ1v) is 13.6. The highest BCUT2D eigenvalue weighted by atomic mass is 19.1. The molecule has 41 heavy (non-hydrogen) atoms. The monoisotopic (exact) mass is 566 g/mol. The number of halogens is 1. The van der Waals surface area contributed by atoms with Crippen LogP contribution in [0.2, 0.25) is 0 Å². The van der Waals surface area contributed by atoms with Crippen LogP contribution in [0.3, 0.4) is 0 Å². The first-order valence-electron chi connectivity index (χ1n) is 13.6. The Morgan fingerprint density at radius 2 is 1.73 bits per heavy atom. The predicted molar refractivity (Wildman–Crippen MR) is 158 cm³/mol. The van der Waals surface area contributed by atoms with Gasteiger partial charge >= 0.3 is 12.1 Å². The maximum atomic E-state index is 14.7. The Balaban J connectivity index is 1.51. The number of nitrogens with zero attached hydrogens (tertiary/aromatic N) is 3. The van der Waals surface area contributed by atoms with Crippen molar-refractivity contribution >= 4 is 23.6 Å². The summed E-state index contributed by atoms with van der Waals surface area (Å²) in [6.07, 6.45) is 2.36. The maximum Gasteiger partial charge on any atom is 0.412 e. The Morgan fingerprint density at radius 3 is 2.44 bits per heavy atom. The number of likely N-dealkylation sites (N-methyl/N-ethyl adjacent to an activating group) is 1. The van der Waals surface area contributed by atoms with Gasteiger partial charge in [-0.1, -0.05) is 37.3 Å². The first kappa shape index (κ1) is 31.3. The molecule has 2 aromatic carbocycles. The molecule has 0 aliphatic carbocycles. The van der Waals surface area contributed by atoms with Crippen molar-refractivity contribution in [3.8, 4) is 11.5 Å². The summed E-state index contributed by atoms with van der Waals surface area (Å²) in [6, 6.07) is 16.2. The van der Waals surface area contributed by atoms with E-state index in [0.717, 1.165) is 44.1 Å². The number of rotatable bonds is 14. The summed E-state index contributed by atoms with van der Waals surface area (Å²) in [5.41, 5.74) is 0.777. The minimum atomic E-state index is -0.771. The van der Waals surface area contributed by atoms with E-state index in [1.807, 2.05) is 44.4 Å². The van der Waals surface area contributed by atoms with E-state index in [-0.39, 0.29) is 30.1 Å². The SMILES string of the molecule is CCC(CCNCCN(C)C)N(C)C(=O)Nc1cc(Oc2ccc(NC(=O)OCc3ccccc3)c(F)c2)ccn1. The molecule has 10 nitrogen and oxygen atoms in total. The highest BCUT2D eigenvalue weighted by molar-refractivity contribution is 5.88. The van der Waals surface area contributed by atoms with E-state index >= 15 is 0 Å². The van der Waals surface area contributed by atoms with Crippen LogP contribution in [0, 0.1) is 5.82 Å². The van der Waals surface area contributed by atoms with E-state index in [2.05, 4.69) is 32.8 Å². The summed E-state index contributed by atoms with van der Waals surface area (Å²) in [5.74, 6) is 0.181. The van der Waals surface area contributed by atoms with Gasteiger partial charge in [-0.2, -0.15) is 0 Å². The van der Waals surface area contributed by atoms with Crippen molar-refractivity contribution in [3.63, 3.8) is 0 Å². The lowest BCUT2D eigenvalue weighted by Crippen LogP contribution is -2.41. The minimum Gasteiger partial charge on any atom is -0.457 e. The van der Waals surface area contributed by atoms with E-state index < -0.39 is 11.9 Å². The van der Waals surface area contributed by atoms with Crippen molar-refractivity contribution < 1.29 is 23.5 Å². The van der Waals surface area contributed by atoms with Crippen LogP contribution in [-0.2, 0) is 11.3 Å². The van der Waals surface area contributed by atoms with Gasteiger partial charge in [-0.05, 0) is 57.2 Å². The fourth-order valence-electron chi connectivity index (χ4n) is 3.94. The van der Waals surface area contributed by atoms with Gasteiger partial charge in [0, 0.05) is 44.5 Å². The van der Waals surface area contributed by atoms with E-state index in [4.69, 9.17) is 9.47 Å². The molecule has 0 saturated carbocycles. The van der Waals surface area contributed by atoms with Crippen molar-refractivity contribution in [2.45, 2.75) is 32.4 Å². The number of aromatic nitrogens is 1. The molecule has 3 N–H and O–H groups in total. The maximum absolute atomic E-state index is 14.7. The van der Waals surface area contributed by atoms with Crippen molar-refractivity contribution in [1.82, 2.24) is 20.1 Å². The number of hydrogen-bond acceptors (Lipinski definition) is 7. The van der Waals surface area contributed by atoms with Crippen molar-refractivity contribution in [1.29, 1.82) is 0 Å². The number of urea groups is 1. The van der Waals surface area contributed by atoms with Crippen molar-refractivity contribution in [2.24, 2.45) is 0 Å². The Hall–Kier alpha value is -4.22. The fourth-order valence-corrected chi connectivity index (χ4v) is 3.94. The highest BCUT2D eigenvalue weighted by Crippen LogP contribution is 2.27. The number of amides is 3. The summed E-state index contributed by atoms with van der Waals surface area (Å²) in [4.78, 5) is 32.9. The number of carbonyl (C=O) groups excluding carboxylic acids is 2. The Kier molecular flexibility index (Phi) is 12.3. The molecule has 1 heterocycles. The second-order valence-electron chi connectivity index (χ2n) is 9.75. The van der Waals surface area contributed by atoms with E-state index in [1.165, 1.54) is 18.3 Å². The molecule has 1 atom stereocenters. The van der Waals surface area contributed by atoms with Gasteiger partial charge in [0.05, 0.1) is 5.69 Å². The summed E-state index contributed by atoms with van der Waals surface area (Å²) < 4.78 is 25.6. The number of ether oxygens (including phenoxy) is 2. The van der Waals surface area contributed by atoms with Gasteiger partial charge in [0.25, 0.3) is 0 Å². The quantitative estimate of drug-likeness (QED) is 0.220. The lowest BCUT2D eigenvalue weighted by Gasteiger charge is -2.27. The molecule has 0 radical (unpaired) electrons. The molecule has 1 aromatic heterocycles. The molecule has 3 rings (SSSR count).